The van der Waals surface area contributed by atoms with E-state index in [9.17, 15) is 5.11 Å². The minimum Gasteiger partial charge on any atom is -0.391 e. The molecule has 1 aliphatic carbocycles. The Bertz CT molecular complexity index is 285. The highest BCUT2D eigenvalue weighted by Gasteiger charge is 2.23. The van der Waals surface area contributed by atoms with Crippen LogP contribution in [0.25, 0.3) is 0 Å². The molecule has 3 N–H and O–H groups in total. The maximum Gasteiger partial charge on any atom is 0.0736 e. The Labute approximate surface area is 72.0 Å². The summed E-state index contributed by atoms with van der Waals surface area (Å²) in [5.41, 5.74) is 8.23. The highest BCUT2D eigenvalue weighted by Crippen LogP contribution is 2.27. The molecule has 2 atom stereocenters. The molecule has 1 aromatic carbocycles. The zero-order valence-electron chi connectivity index (χ0n) is 6.90. The van der Waals surface area contributed by atoms with Crippen molar-refractivity contribution in [3.8, 4) is 0 Å². The van der Waals surface area contributed by atoms with Crippen molar-refractivity contribution in [1.29, 1.82) is 0 Å². The number of hydrogen-bond donors (Lipinski definition) is 2. The Morgan fingerprint density at radius 1 is 1.33 bits per heavy atom. The van der Waals surface area contributed by atoms with Crippen LogP contribution in [-0.2, 0) is 6.42 Å². The summed E-state index contributed by atoms with van der Waals surface area (Å²) in [7, 11) is 0. The number of aliphatic hydroxyl groups excluding tert-OH is 1. The van der Waals surface area contributed by atoms with Crippen molar-refractivity contribution >= 4 is 0 Å². The van der Waals surface area contributed by atoms with Gasteiger partial charge in [-0.2, -0.15) is 0 Å². The Kier molecular flexibility index (Phi) is 1.87. The van der Waals surface area contributed by atoms with Crippen LogP contribution in [0.4, 0.5) is 0 Å². The molecule has 0 aliphatic heterocycles. The highest BCUT2D eigenvalue weighted by atomic mass is 16.3. The fraction of sp³-hybridized carbons (Fsp3) is 0.400. The second kappa shape index (κ2) is 2.88. The van der Waals surface area contributed by atoms with Crippen molar-refractivity contribution in [3.63, 3.8) is 0 Å². The SMILES string of the molecule is N[C@H]1c2ccccc2CC[C@H]1O. The lowest BCUT2D eigenvalue weighted by molar-refractivity contribution is 0.128. The van der Waals surface area contributed by atoms with Crippen LogP contribution in [0.2, 0.25) is 0 Å². The number of hydrogen-bond acceptors (Lipinski definition) is 2. The van der Waals surface area contributed by atoms with Gasteiger partial charge in [0, 0.05) is 0 Å². The Morgan fingerprint density at radius 3 is 2.92 bits per heavy atom. The number of fused-ring (bicyclic) bond motifs is 1. The van der Waals surface area contributed by atoms with E-state index >= 15 is 0 Å². The number of nitrogens with two attached hydrogens (primary N) is 1. The first kappa shape index (κ1) is 7.77. The fourth-order valence-electron chi connectivity index (χ4n) is 1.78. The van der Waals surface area contributed by atoms with Gasteiger partial charge in [0.25, 0.3) is 0 Å². The van der Waals surface area contributed by atoms with E-state index in [2.05, 4.69) is 6.07 Å². The van der Waals surface area contributed by atoms with E-state index in [1.54, 1.807) is 0 Å². The molecule has 1 aromatic rings. The van der Waals surface area contributed by atoms with E-state index in [-0.39, 0.29) is 12.1 Å². The van der Waals surface area contributed by atoms with E-state index in [0.717, 1.165) is 18.4 Å². The highest BCUT2D eigenvalue weighted by molar-refractivity contribution is 5.32. The maximum absolute atomic E-state index is 9.50. The quantitative estimate of drug-likeness (QED) is 0.599. The number of benzene rings is 1. The third kappa shape index (κ3) is 1.13. The van der Waals surface area contributed by atoms with E-state index in [0.29, 0.717) is 0 Å². The number of rotatable bonds is 0. The Morgan fingerprint density at radius 2 is 2.08 bits per heavy atom. The minimum absolute atomic E-state index is 0.185. The average Bonchev–Trinajstić information content (AvgIpc) is 2.12. The zero-order chi connectivity index (χ0) is 8.55. The van der Waals surface area contributed by atoms with Crippen LogP contribution in [0.5, 0.6) is 0 Å². The van der Waals surface area contributed by atoms with E-state index in [1.807, 2.05) is 18.2 Å². The summed E-state index contributed by atoms with van der Waals surface area (Å²) in [5, 5.41) is 9.50. The first-order chi connectivity index (χ1) is 5.79. The topological polar surface area (TPSA) is 46.2 Å². The molecular weight excluding hydrogens is 150 g/mol. The molecule has 1 aliphatic rings. The van der Waals surface area contributed by atoms with Gasteiger partial charge in [0.15, 0.2) is 0 Å². The summed E-state index contributed by atoms with van der Waals surface area (Å²) >= 11 is 0. The third-order valence-corrected chi connectivity index (χ3v) is 2.54. The second-order valence-corrected chi connectivity index (χ2v) is 3.33. The lowest BCUT2D eigenvalue weighted by Gasteiger charge is -2.26. The second-order valence-electron chi connectivity index (χ2n) is 3.33. The number of aliphatic hydroxyl groups is 1. The van der Waals surface area contributed by atoms with Gasteiger partial charge < -0.3 is 10.8 Å². The summed E-state index contributed by atoms with van der Waals surface area (Å²) in [5.74, 6) is 0. The molecule has 2 heteroatoms. The first-order valence-electron chi connectivity index (χ1n) is 4.30. The van der Waals surface area contributed by atoms with Gasteiger partial charge in [0.05, 0.1) is 12.1 Å². The van der Waals surface area contributed by atoms with Gasteiger partial charge in [0.2, 0.25) is 0 Å². The molecule has 0 saturated heterocycles. The van der Waals surface area contributed by atoms with Gasteiger partial charge in [-0.1, -0.05) is 24.3 Å². The van der Waals surface area contributed by atoms with Crippen molar-refractivity contribution in [2.75, 3.05) is 0 Å². The lowest BCUT2D eigenvalue weighted by atomic mass is 9.86. The van der Waals surface area contributed by atoms with E-state index in [1.165, 1.54) is 5.56 Å². The van der Waals surface area contributed by atoms with Crippen molar-refractivity contribution in [1.82, 2.24) is 0 Å². The molecule has 64 valence electrons. The summed E-state index contributed by atoms with van der Waals surface area (Å²) in [6.07, 6.45) is 1.38. The van der Waals surface area contributed by atoms with Gasteiger partial charge >= 0.3 is 0 Å². The normalized spacial score (nSPS) is 28.2. The molecule has 0 heterocycles. The van der Waals surface area contributed by atoms with E-state index in [4.69, 9.17) is 5.73 Å². The summed E-state index contributed by atoms with van der Waals surface area (Å²) < 4.78 is 0. The molecule has 0 saturated carbocycles. The van der Waals surface area contributed by atoms with Gasteiger partial charge in [0.1, 0.15) is 0 Å². The molecular formula is C10H13NO. The van der Waals surface area contributed by atoms with Gasteiger partial charge in [-0.05, 0) is 24.0 Å². The van der Waals surface area contributed by atoms with Crippen LogP contribution in [0.15, 0.2) is 24.3 Å². The van der Waals surface area contributed by atoms with E-state index < -0.39 is 0 Å². The molecule has 0 radical (unpaired) electrons. The summed E-state index contributed by atoms with van der Waals surface area (Å²) in [4.78, 5) is 0. The molecule has 0 amide bonds. The van der Waals surface area contributed by atoms with Crippen molar-refractivity contribution in [2.45, 2.75) is 25.0 Å². The zero-order valence-corrected chi connectivity index (χ0v) is 6.90. The van der Waals surface area contributed by atoms with Gasteiger partial charge in [-0.15, -0.1) is 0 Å². The maximum atomic E-state index is 9.50. The average molecular weight is 163 g/mol. The predicted molar refractivity (Wildman–Crippen MR) is 47.7 cm³/mol. The summed E-state index contributed by atoms with van der Waals surface area (Å²) in [6, 6.07) is 7.89. The molecule has 2 rings (SSSR count). The molecule has 0 spiro atoms. The molecule has 0 bridgehead atoms. The van der Waals surface area contributed by atoms with Crippen molar-refractivity contribution in [3.05, 3.63) is 35.4 Å². The van der Waals surface area contributed by atoms with Crippen LogP contribution in [0, 0.1) is 0 Å². The van der Waals surface area contributed by atoms with Crippen LogP contribution in [0.1, 0.15) is 23.6 Å². The molecule has 0 fully saturated rings. The van der Waals surface area contributed by atoms with Crippen molar-refractivity contribution in [2.24, 2.45) is 5.73 Å². The lowest BCUT2D eigenvalue weighted by Crippen LogP contribution is -2.31. The molecule has 12 heavy (non-hydrogen) atoms. The Hall–Kier alpha value is -0.860. The Balaban J connectivity index is 2.42. The first-order valence-corrected chi connectivity index (χ1v) is 4.30. The van der Waals surface area contributed by atoms with Crippen molar-refractivity contribution < 1.29 is 5.11 Å². The predicted octanol–water partition coefficient (Wildman–Crippen LogP) is 0.994. The molecule has 2 nitrogen and oxygen atoms in total. The van der Waals surface area contributed by atoms with Crippen LogP contribution >= 0.6 is 0 Å². The largest absolute Gasteiger partial charge is 0.391 e. The number of aryl methyl sites for hydroxylation is 1. The molecule has 0 aromatic heterocycles. The van der Waals surface area contributed by atoms with Gasteiger partial charge in [-0.25, -0.2) is 0 Å². The third-order valence-electron chi connectivity index (χ3n) is 2.54. The molecule has 0 unspecified atom stereocenters. The van der Waals surface area contributed by atoms with Crippen LogP contribution < -0.4 is 5.73 Å². The van der Waals surface area contributed by atoms with Gasteiger partial charge in [-0.3, -0.25) is 0 Å². The summed E-state index contributed by atoms with van der Waals surface area (Å²) in [6.45, 7) is 0. The monoisotopic (exact) mass is 163 g/mol. The standard InChI is InChI=1S/C10H13NO/c11-10-8-4-2-1-3-7(8)5-6-9(10)12/h1-4,9-10,12H,5-6,11H2/t9-,10+/m1/s1. The smallest absolute Gasteiger partial charge is 0.0736 e. The minimum atomic E-state index is -0.361. The fourth-order valence-corrected chi connectivity index (χ4v) is 1.78. The van der Waals surface area contributed by atoms with Crippen LogP contribution in [0.3, 0.4) is 0 Å². The van der Waals surface area contributed by atoms with Crippen LogP contribution in [-0.4, -0.2) is 11.2 Å².